The van der Waals surface area contributed by atoms with Gasteiger partial charge in [-0.15, -0.1) is 0 Å². The fourth-order valence-corrected chi connectivity index (χ4v) is 2.63. The maximum Gasteiger partial charge on any atom is 0.416 e. The zero-order valence-corrected chi connectivity index (χ0v) is 16.6. The molecule has 0 aliphatic heterocycles. The van der Waals surface area contributed by atoms with Crippen molar-refractivity contribution in [2.24, 2.45) is 0 Å². The van der Waals surface area contributed by atoms with Gasteiger partial charge in [-0.3, -0.25) is 9.59 Å². The molecule has 0 aliphatic rings. The molecule has 1 amide bonds. The number of nitrogens with one attached hydrogen (secondary N) is 3. The lowest BCUT2D eigenvalue weighted by molar-refractivity contribution is -0.137. The number of nitrogens with two attached hydrogens (primary N) is 1. The van der Waals surface area contributed by atoms with Crippen LogP contribution in [0.2, 0.25) is 0 Å². The Kier molecular flexibility index (Phi) is 6.88. The standard InChI is InChI=1S/C18H18ClF3N6O2/c1-9(10-5-11(18(20,21)22)7-12(24)6-10)26-17(30)13-3-4-15(29)28(27-13)14(8-23)16(19)25-2/h3-9,23,25H,24H2,1-2H3,(H,26,30)/b16-14+,23-8?/t9-/m1/s1. The molecule has 0 spiro atoms. The van der Waals surface area contributed by atoms with E-state index in [-0.39, 0.29) is 27.8 Å². The van der Waals surface area contributed by atoms with E-state index >= 15 is 0 Å². The molecular formula is C18H18ClF3N6O2. The molecule has 0 saturated carbocycles. The number of hydrogen-bond donors (Lipinski definition) is 4. The maximum absolute atomic E-state index is 13.0. The lowest BCUT2D eigenvalue weighted by atomic mass is 10.0. The average molecular weight is 443 g/mol. The summed E-state index contributed by atoms with van der Waals surface area (Å²) in [7, 11) is 1.47. The normalized spacial score (nSPS) is 13.3. The molecular weight excluding hydrogens is 425 g/mol. The Labute approximate surface area is 174 Å². The molecule has 160 valence electrons. The van der Waals surface area contributed by atoms with E-state index in [9.17, 15) is 22.8 Å². The molecule has 0 fully saturated rings. The first-order valence-electron chi connectivity index (χ1n) is 8.45. The first-order chi connectivity index (χ1) is 14.0. The van der Waals surface area contributed by atoms with Crippen molar-refractivity contribution in [2.45, 2.75) is 19.1 Å². The molecule has 1 aromatic heterocycles. The molecule has 2 rings (SSSR count). The molecule has 1 aromatic carbocycles. The summed E-state index contributed by atoms with van der Waals surface area (Å²) < 4.78 is 39.8. The van der Waals surface area contributed by atoms with Gasteiger partial charge >= 0.3 is 6.18 Å². The van der Waals surface area contributed by atoms with Crippen LogP contribution in [-0.4, -0.2) is 28.9 Å². The summed E-state index contributed by atoms with van der Waals surface area (Å²) in [6.45, 7) is 1.48. The van der Waals surface area contributed by atoms with Crippen LogP contribution in [0.1, 0.15) is 34.6 Å². The molecule has 30 heavy (non-hydrogen) atoms. The highest BCUT2D eigenvalue weighted by Crippen LogP contribution is 2.32. The van der Waals surface area contributed by atoms with Crippen molar-refractivity contribution in [1.29, 1.82) is 5.41 Å². The van der Waals surface area contributed by atoms with Gasteiger partial charge in [0.25, 0.3) is 11.5 Å². The Hall–Kier alpha value is -3.34. The zero-order chi connectivity index (χ0) is 22.6. The molecule has 0 saturated heterocycles. The van der Waals surface area contributed by atoms with Crippen molar-refractivity contribution < 1.29 is 18.0 Å². The van der Waals surface area contributed by atoms with Crippen molar-refractivity contribution in [3.8, 4) is 0 Å². The first-order valence-corrected chi connectivity index (χ1v) is 8.83. The minimum Gasteiger partial charge on any atom is -0.399 e. The Morgan fingerprint density at radius 2 is 2.00 bits per heavy atom. The highest BCUT2D eigenvalue weighted by molar-refractivity contribution is 6.34. The van der Waals surface area contributed by atoms with Crippen LogP contribution in [-0.2, 0) is 6.18 Å². The van der Waals surface area contributed by atoms with Crippen LogP contribution >= 0.6 is 11.6 Å². The summed E-state index contributed by atoms with van der Waals surface area (Å²) in [6.07, 6.45) is -3.81. The minimum atomic E-state index is -4.59. The number of carbonyl (C=O) groups excluding carboxylic acids is 1. The second-order valence-corrected chi connectivity index (χ2v) is 6.52. The molecule has 1 heterocycles. The Morgan fingerprint density at radius 1 is 1.33 bits per heavy atom. The molecule has 0 bridgehead atoms. The second kappa shape index (κ2) is 8.99. The van der Waals surface area contributed by atoms with E-state index < -0.39 is 29.2 Å². The van der Waals surface area contributed by atoms with E-state index in [1.165, 1.54) is 20.0 Å². The van der Waals surface area contributed by atoms with Crippen LogP contribution in [0.15, 0.2) is 40.3 Å². The van der Waals surface area contributed by atoms with Crippen molar-refractivity contribution in [1.82, 2.24) is 20.4 Å². The summed E-state index contributed by atoms with van der Waals surface area (Å²) in [4.78, 5) is 24.6. The molecule has 0 aliphatic carbocycles. The molecule has 1 atom stereocenters. The number of hydrogen-bond acceptors (Lipinski definition) is 6. The van der Waals surface area contributed by atoms with Crippen LogP contribution in [0.3, 0.4) is 0 Å². The third kappa shape index (κ3) is 5.17. The summed E-state index contributed by atoms with van der Waals surface area (Å²) in [5.74, 6) is -0.753. The number of nitrogen functional groups attached to an aromatic ring is 1. The third-order valence-electron chi connectivity index (χ3n) is 3.99. The predicted molar refractivity (Wildman–Crippen MR) is 107 cm³/mol. The highest BCUT2D eigenvalue weighted by Gasteiger charge is 2.31. The van der Waals surface area contributed by atoms with E-state index in [1.807, 2.05) is 0 Å². The van der Waals surface area contributed by atoms with Crippen molar-refractivity contribution in [2.75, 3.05) is 12.8 Å². The molecule has 5 N–H and O–H groups in total. The van der Waals surface area contributed by atoms with E-state index in [0.29, 0.717) is 0 Å². The van der Waals surface area contributed by atoms with Crippen molar-refractivity contribution in [3.05, 3.63) is 62.7 Å². The van der Waals surface area contributed by atoms with Crippen LogP contribution in [0, 0.1) is 5.41 Å². The lowest BCUT2D eigenvalue weighted by Gasteiger charge is -2.17. The number of aromatic nitrogens is 2. The largest absolute Gasteiger partial charge is 0.416 e. The second-order valence-electron chi connectivity index (χ2n) is 6.14. The Balaban J connectivity index is 2.35. The predicted octanol–water partition coefficient (Wildman–Crippen LogP) is 2.57. The number of carbonyl (C=O) groups is 1. The Bertz CT molecular complexity index is 1060. The van der Waals surface area contributed by atoms with Gasteiger partial charge in [0.2, 0.25) is 0 Å². The molecule has 12 heteroatoms. The van der Waals surface area contributed by atoms with Crippen LogP contribution in [0.5, 0.6) is 0 Å². The van der Waals surface area contributed by atoms with Crippen LogP contribution < -0.4 is 21.9 Å². The quantitative estimate of drug-likeness (QED) is 0.311. The van der Waals surface area contributed by atoms with Gasteiger partial charge in [0, 0.05) is 25.0 Å². The molecule has 2 aromatic rings. The van der Waals surface area contributed by atoms with Crippen molar-refractivity contribution in [3.63, 3.8) is 0 Å². The van der Waals surface area contributed by atoms with E-state index in [4.69, 9.17) is 22.7 Å². The number of rotatable bonds is 6. The summed E-state index contributed by atoms with van der Waals surface area (Å²) in [6, 6.07) is 4.36. The van der Waals surface area contributed by atoms with Crippen LogP contribution in [0.25, 0.3) is 5.70 Å². The van der Waals surface area contributed by atoms with Gasteiger partial charge in [-0.2, -0.15) is 23.0 Å². The Morgan fingerprint density at radius 3 is 2.57 bits per heavy atom. The smallest absolute Gasteiger partial charge is 0.399 e. The van der Waals surface area contributed by atoms with Gasteiger partial charge in [-0.1, -0.05) is 11.6 Å². The van der Waals surface area contributed by atoms with Gasteiger partial charge in [0.15, 0.2) is 0 Å². The van der Waals surface area contributed by atoms with E-state index in [0.717, 1.165) is 35.2 Å². The number of nitrogens with zero attached hydrogens (tertiary/aromatic N) is 2. The summed E-state index contributed by atoms with van der Waals surface area (Å²) in [5, 5.41) is 16.3. The highest BCUT2D eigenvalue weighted by atomic mass is 35.5. The number of anilines is 1. The number of amides is 1. The minimum absolute atomic E-state index is 0.0510. The third-order valence-corrected chi connectivity index (χ3v) is 4.38. The zero-order valence-electron chi connectivity index (χ0n) is 15.8. The fraction of sp³-hybridized carbons (Fsp3) is 0.222. The van der Waals surface area contributed by atoms with Gasteiger partial charge in [-0.25, -0.2) is 0 Å². The summed E-state index contributed by atoms with van der Waals surface area (Å²) in [5.41, 5.74) is 3.71. The monoisotopic (exact) mass is 442 g/mol. The summed E-state index contributed by atoms with van der Waals surface area (Å²) >= 11 is 5.91. The maximum atomic E-state index is 13.0. The first kappa shape index (κ1) is 22.9. The molecule has 0 radical (unpaired) electrons. The fourth-order valence-electron chi connectivity index (χ4n) is 2.49. The van der Waals surface area contributed by atoms with E-state index in [2.05, 4.69) is 15.7 Å². The molecule has 0 unspecified atom stereocenters. The number of halogens is 4. The van der Waals surface area contributed by atoms with Gasteiger partial charge < -0.3 is 21.8 Å². The molecule has 8 nitrogen and oxygen atoms in total. The average Bonchev–Trinajstić information content (AvgIpc) is 2.68. The van der Waals surface area contributed by atoms with Gasteiger partial charge in [0.1, 0.15) is 16.5 Å². The van der Waals surface area contributed by atoms with Crippen molar-refractivity contribution >= 4 is 35.1 Å². The van der Waals surface area contributed by atoms with Gasteiger partial charge in [0.05, 0.1) is 11.6 Å². The number of benzene rings is 1. The SMILES string of the molecule is CN/C(Cl)=C(\C=N)n1nc(C(=O)N[C@H](C)c2cc(N)cc(C(F)(F)F)c2)ccc1=O. The number of alkyl halides is 3. The van der Waals surface area contributed by atoms with Crippen LogP contribution in [0.4, 0.5) is 18.9 Å². The topological polar surface area (TPSA) is 126 Å². The lowest BCUT2D eigenvalue weighted by Crippen LogP contribution is -2.31. The van der Waals surface area contributed by atoms with Gasteiger partial charge in [-0.05, 0) is 36.8 Å². The van der Waals surface area contributed by atoms with E-state index in [1.54, 1.807) is 0 Å². The number of allylic oxidation sites excluding steroid dienone is 1.